The van der Waals surface area contributed by atoms with Crippen LogP contribution in [0.3, 0.4) is 0 Å². The Morgan fingerprint density at radius 3 is 2.52 bits per heavy atom. The topological polar surface area (TPSA) is 64.4 Å². The summed E-state index contributed by atoms with van der Waals surface area (Å²) in [5.41, 5.74) is 5.27. The van der Waals surface area contributed by atoms with Crippen LogP contribution in [0.15, 0.2) is 69.6 Å². The standard InChI is InChI=1S/C25H23BrN2O3/c1-3-16-7-11-23-21(13-16)28-24(31-23)14-17-5-9-19(10-6-17)27-25(29)18-8-12-22(30-4-2)20(26)15-18/h5-13,15H,3-4,14H2,1-2H3,(H,27,29). The number of amides is 1. The summed E-state index contributed by atoms with van der Waals surface area (Å²) in [6.45, 7) is 4.61. The van der Waals surface area contributed by atoms with Crippen LogP contribution in [0.2, 0.25) is 0 Å². The average molecular weight is 479 g/mol. The monoisotopic (exact) mass is 478 g/mol. The van der Waals surface area contributed by atoms with Crippen molar-refractivity contribution in [1.29, 1.82) is 0 Å². The Bertz CT molecular complexity index is 1220. The Labute approximate surface area is 189 Å². The van der Waals surface area contributed by atoms with E-state index in [2.05, 4.69) is 45.3 Å². The van der Waals surface area contributed by atoms with E-state index in [0.717, 1.165) is 33.2 Å². The van der Waals surface area contributed by atoms with E-state index in [1.54, 1.807) is 18.2 Å². The lowest BCUT2D eigenvalue weighted by atomic mass is 10.1. The summed E-state index contributed by atoms with van der Waals surface area (Å²) in [7, 11) is 0. The molecule has 0 aliphatic heterocycles. The van der Waals surface area contributed by atoms with E-state index >= 15 is 0 Å². The first-order valence-electron chi connectivity index (χ1n) is 10.3. The van der Waals surface area contributed by atoms with Crippen molar-refractivity contribution in [3.8, 4) is 5.75 Å². The summed E-state index contributed by atoms with van der Waals surface area (Å²) in [6.07, 6.45) is 1.56. The molecule has 1 amide bonds. The number of aromatic nitrogens is 1. The molecule has 0 saturated heterocycles. The summed E-state index contributed by atoms with van der Waals surface area (Å²) in [5.74, 6) is 1.22. The van der Waals surface area contributed by atoms with Crippen molar-refractivity contribution < 1.29 is 13.9 Å². The normalized spacial score (nSPS) is 10.9. The molecule has 4 rings (SSSR count). The molecule has 158 valence electrons. The highest BCUT2D eigenvalue weighted by atomic mass is 79.9. The molecule has 0 unspecified atom stereocenters. The predicted molar refractivity (Wildman–Crippen MR) is 126 cm³/mol. The summed E-state index contributed by atoms with van der Waals surface area (Å²) in [6, 6.07) is 19.1. The first kappa shape index (κ1) is 21.1. The first-order chi connectivity index (χ1) is 15.1. The molecule has 1 heterocycles. The molecule has 3 aromatic carbocycles. The van der Waals surface area contributed by atoms with Gasteiger partial charge in [-0.3, -0.25) is 4.79 Å². The third-order valence-electron chi connectivity index (χ3n) is 4.97. The average Bonchev–Trinajstić information content (AvgIpc) is 3.18. The molecule has 1 N–H and O–H groups in total. The zero-order valence-electron chi connectivity index (χ0n) is 17.4. The maximum absolute atomic E-state index is 12.6. The molecule has 1 aromatic heterocycles. The van der Waals surface area contributed by atoms with Gasteiger partial charge < -0.3 is 14.5 Å². The number of ether oxygens (including phenoxy) is 1. The number of carbonyl (C=O) groups is 1. The number of hydrogen-bond donors (Lipinski definition) is 1. The van der Waals surface area contributed by atoms with E-state index in [1.165, 1.54) is 5.56 Å². The van der Waals surface area contributed by atoms with Gasteiger partial charge in [-0.2, -0.15) is 0 Å². The van der Waals surface area contributed by atoms with Gasteiger partial charge in [-0.15, -0.1) is 0 Å². The largest absolute Gasteiger partial charge is 0.493 e. The van der Waals surface area contributed by atoms with Gasteiger partial charge in [0.25, 0.3) is 5.91 Å². The maximum Gasteiger partial charge on any atom is 0.255 e. The summed E-state index contributed by atoms with van der Waals surface area (Å²) >= 11 is 3.44. The number of oxazole rings is 1. The molecular formula is C25H23BrN2O3. The second-order valence-electron chi connectivity index (χ2n) is 7.17. The number of nitrogens with zero attached hydrogens (tertiary/aromatic N) is 1. The van der Waals surface area contributed by atoms with Crippen LogP contribution in [0.25, 0.3) is 11.1 Å². The van der Waals surface area contributed by atoms with Crippen LogP contribution in [0.5, 0.6) is 5.75 Å². The zero-order valence-corrected chi connectivity index (χ0v) is 19.0. The van der Waals surface area contributed by atoms with Crippen molar-refractivity contribution in [2.24, 2.45) is 0 Å². The molecule has 5 nitrogen and oxygen atoms in total. The highest BCUT2D eigenvalue weighted by molar-refractivity contribution is 9.10. The maximum atomic E-state index is 12.6. The van der Waals surface area contributed by atoms with E-state index in [1.807, 2.05) is 37.3 Å². The quantitative estimate of drug-likeness (QED) is 0.334. The van der Waals surface area contributed by atoms with E-state index in [-0.39, 0.29) is 5.91 Å². The van der Waals surface area contributed by atoms with Crippen LogP contribution in [-0.4, -0.2) is 17.5 Å². The van der Waals surface area contributed by atoms with Crippen molar-refractivity contribution in [3.05, 3.63) is 87.7 Å². The fourth-order valence-corrected chi connectivity index (χ4v) is 3.81. The molecule has 0 spiro atoms. The molecule has 6 heteroatoms. The Morgan fingerprint density at radius 1 is 1.03 bits per heavy atom. The Hall–Kier alpha value is -3.12. The van der Waals surface area contributed by atoms with Crippen LogP contribution < -0.4 is 10.1 Å². The number of fused-ring (bicyclic) bond motifs is 1. The summed E-state index contributed by atoms with van der Waals surface area (Å²) < 4.78 is 12.1. The number of anilines is 1. The Kier molecular flexibility index (Phi) is 6.37. The van der Waals surface area contributed by atoms with Crippen molar-refractivity contribution in [1.82, 2.24) is 4.98 Å². The number of hydrogen-bond acceptors (Lipinski definition) is 4. The van der Waals surface area contributed by atoms with Gasteiger partial charge in [-0.1, -0.05) is 25.1 Å². The molecule has 4 aromatic rings. The number of aryl methyl sites for hydroxylation is 1. The van der Waals surface area contributed by atoms with E-state index in [4.69, 9.17) is 9.15 Å². The minimum absolute atomic E-state index is 0.179. The van der Waals surface area contributed by atoms with Crippen molar-refractivity contribution in [3.63, 3.8) is 0 Å². The van der Waals surface area contributed by atoms with Gasteiger partial charge >= 0.3 is 0 Å². The minimum atomic E-state index is -0.179. The molecule has 0 bridgehead atoms. The predicted octanol–water partition coefficient (Wildman–Crippen LogP) is 6.39. The lowest BCUT2D eigenvalue weighted by Gasteiger charge is -2.09. The second kappa shape index (κ2) is 9.35. The lowest BCUT2D eigenvalue weighted by molar-refractivity contribution is 0.102. The molecular weight excluding hydrogens is 456 g/mol. The third-order valence-corrected chi connectivity index (χ3v) is 5.59. The van der Waals surface area contributed by atoms with E-state index < -0.39 is 0 Å². The number of benzene rings is 3. The number of halogens is 1. The van der Waals surface area contributed by atoms with Gasteiger partial charge in [0.15, 0.2) is 11.5 Å². The summed E-state index contributed by atoms with van der Waals surface area (Å²) in [5, 5.41) is 2.92. The Balaban J connectivity index is 1.42. The number of nitrogens with one attached hydrogen (secondary N) is 1. The minimum Gasteiger partial charge on any atom is -0.493 e. The van der Waals surface area contributed by atoms with Gasteiger partial charge in [-0.05, 0) is 82.9 Å². The molecule has 31 heavy (non-hydrogen) atoms. The zero-order chi connectivity index (χ0) is 21.8. The van der Waals surface area contributed by atoms with Gasteiger partial charge in [0.05, 0.1) is 11.1 Å². The molecule has 0 radical (unpaired) electrons. The Morgan fingerprint density at radius 2 is 1.81 bits per heavy atom. The smallest absolute Gasteiger partial charge is 0.255 e. The highest BCUT2D eigenvalue weighted by Gasteiger charge is 2.11. The van der Waals surface area contributed by atoms with E-state index in [9.17, 15) is 4.79 Å². The van der Waals surface area contributed by atoms with Gasteiger partial charge in [-0.25, -0.2) is 4.98 Å². The molecule has 0 aliphatic carbocycles. The molecule has 0 fully saturated rings. The molecule has 0 aliphatic rings. The number of rotatable bonds is 7. The summed E-state index contributed by atoms with van der Waals surface area (Å²) in [4.78, 5) is 17.2. The molecule has 0 atom stereocenters. The van der Waals surface area contributed by atoms with Crippen molar-refractivity contribution >= 4 is 38.6 Å². The van der Waals surface area contributed by atoms with Crippen LogP contribution in [-0.2, 0) is 12.8 Å². The van der Waals surface area contributed by atoms with Crippen LogP contribution in [0.1, 0.15) is 41.2 Å². The van der Waals surface area contributed by atoms with Crippen LogP contribution >= 0.6 is 15.9 Å². The second-order valence-corrected chi connectivity index (χ2v) is 8.02. The first-order valence-corrected chi connectivity index (χ1v) is 11.1. The lowest BCUT2D eigenvalue weighted by Crippen LogP contribution is -2.12. The SMILES string of the molecule is CCOc1ccc(C(=O)Nc2ccc(Cc3nc4cc(CC)ccc4o3)cc2)cc1Br. The fraction of sp³-hybridized carbons (Fsp3) is 0.200. The van der Waals surface area contributed by atoms with E-state index in [0.29, 0.717) is 30.2 Å². The highest BCUT2D eigenvalue weighted by Crippen LogP contribution is 2.26. The van der Waals surface area contributed by atoms with Gasteiger partial charge in [0, 0.05) is 17.7 Å². The van der Waals surface area contributed by atoms with Gasteiger partial charge in [0.1, 0.15) is 11.3 Å². The van der Waals surface area contributed by atoms with Crippen LogP contribution in [0, 0.1) is 0 Å². The van der Waals surface area contributed by atoms with Crippen molar-refractivity contribution in [2.45, 2.75) is 26.7 Å². The molecule has 0 saturated carbocycles. The fourth-order valence-electron chi connectivity index (χ4n) is 3.31. The third kappa shape index (κ3) is 4.97. The van der Waals surface area contributed by atoms with Crippen molar-refractivity contribution in [2.75, 3.05) is 11.9 Å². The number of carbonyl (C=O) groups excluding carboxylic acids is 1. The van der Waals surface area contributed by atoms with Gasteiger partial charge in [0.2, 0.25) is 0 Å². The van der Waals surface area contributed by atoms with Crippen LogP contribution in [0.4, 0.5) is 5.69 Å².